The number of benzene rings is 1. The summed E-state index contributed by atoms with van der Waals surface area (Å²) in [5.74, 6) is 0. The summed E-state index contributed by atoms with van der Waals surface area (Å²) in [5, 5.41) is 11.8. The first-order valence-electron chi connectivity index (χ1n) is 4.02. The van der Waals surface area contributed by atoms with E-state index in [-0.39, 0.29) is 6.04 Å². The van der Waals surface area contributed by atoms with Crippen LogP contribution < -0.4 is 5.32 Å². The zero-order chi connectivity index (χ0) is 9.84. The second-order valence-electron chi connectivity index (χ2n) is 2.85. The summed E-state index contributed by atoms with van der Waals surface area (Å²) in [7, 11) is 1.79. The van der Waals surface area contributed by atoms with Crippen LogP contribution in [0.25, 0.3) is 0 Å². The Bertz CT molecular complexity index is 341. The third kappa shape index (κ3) is 2.30. The van der Waals surface area contributed by atoms with Crippen LogP contribution in [0.2, 0.25) is 0 Å². The summed E-state index contributed by atoms with van der Waals surface area (Å²) in [4.78, 5) is 0. The van der Waals surface area contributed by atoms with Gasteiger partial charge in [-0.25, -0.2) is 0 Å². The van der Waals surface area contributed by atoms with E-state index in [1.807, 2.05) is 25.1 Å². The summed E-state index contributed by atoms with van der Waals surface area (Å²) in [6.45, 7) is 2.00. The summed E-state index contributed by atoms with van der Waals surface area (Å²) >= 11 is 3.39. The van der Waals surface area contributed by atoms with E-state index in [0.29, 0.717) is 0 Å². The SMILES string of the molecule is CNC(C#N)c1cc(Br)ccc1C. The number of nitrogens with zero attached hydrogens (tertiary/aromatic N) is 1. The Hall–Kier alpha value is -0.850. The van der Waals surface area contributed by atoms with Crippen LogP contribution in [-0.2, 0) is 0 Å². The van der Waals surface area contributed by atoms with Crippen molar-refractivity contribution in [3.05, 3.63) is 33.8 Å². The fourth-order valence-electron chi connectivity index (χ4n) is 1.21. The van der Waals surface area contributed by atoms with Crippen LogP contribution in [0.4, 0.5) is 0 Å². The predicted molar refractivity (Wildman–Crippen MR) is 56.3 cm³/mol. The van der Waals surface area contributed by atoms with E-state index >= 15 is 0 Å². The average Bonchev–Trinajstić information content (AvgIpc) is 2.13. The van der Waals surface area contributed by atoms with Gasteiger partial charge in [-0.15, -0.1) is 0 Å². The van der Waals surface area contributed by atoms with Crippen molar-refractivity contribution in [3.63, 3.8) is 0 Å². The fourth-order valence-corrected chi connectivity index (χ4v) is 1.59. The standard InChI is InChI=1S/C10H11BrN2/c1-7-3-4-8(11)5-9(7)10(6-12)13-2/h3-5,10,13H,1-2H3. The van der Waals surface area contributed by atoms with Gasteiger partial charge < -0.3 is 5.32 Å². The van der Waals surface area contributed by atoms with Crippen LogP contribution in [0.3, 0.4) is 0 Å². The third-order valence-corrected chi connectivity index (χ3v) is 2.46. The summed E-state index contributed by atoms with van der Waals surface area (Å²) in [5.41, 5.74) is 2.16. The number of hydrogen-bond donors (Lipinski definition) is 1. The largest absolute Gasteiger partial charge is 0.301 e. The minimum Gasteiger partial charge on any atom is -0.301 e. The first kappa shape index (κ1) is 10.2. The van der Waals surface area contributed by atoms with Gasteiger partial charge >= 0.3 is 0 Å². The number of nitriles is 1. The first-order chi connectivity index (χ1) is 6.19. The van der Waals surface area contributed by atoms with Gasteiger partial charge in [-0.1, -0.05) is 22.0 Å². The number of halogens is 1. The molecule has 1 aromatic rings. The van der Waals surface area contributed by atoms with Crippen molar-refractivity contribution in [2.24, 2.45) is 0 Å². The van der Waals surface area contributed by atoms with Crippen molar-refractivity contribution in [2.75, 3.05) is 7.05 Å². The Balaban J connectivity index is 3.13. The Kier molecular flexibility index (Phi) is 3.47. The van der Waals surface area contributed by atoms with Crippen LogP contribution in [0, 0.1) is 18.3 Å². The van der Waals surface area contributed by atoms with Crippen molar-refractivity contribution < 1.29 is 0 Å². The lowest BCUT2D eigenvalue weighted by Gasteiger charge is -2.11. The van der Waals surface area contributed by atoms with Gasteiger partial charge in [0, 0.05) is 4.47 Å². The number of rotatable bonds is 2. The van der Waals surface area contributed by atoms with Gasteiger partial charge in [0.05, 0.1) is 6.07 Å². The molecule has 2 nitrogen and oxygen atoms in total. The molecule has 1 unspecified atom stereocenters. The monoisotopic (exact) mass is 238 g/mol. The van der Waals surface area contributed by atoms with Crippen LogP contribution in [0.1, 0.15) is 17.2 Å². The van der Waals surface area contributed by atoms with Gasteiger partial charge in [-0.3, -0.25) is 0 Å². The molecule has 1 atom stereocenters. The highest BCUT2D eigenvalue weighted by Crippen LogP contribution is 2.21. The maximum absolute atomic E-state index is 8.87. The average molecular weight is 239 g/mol. The third-order valence-electron chi connectivity index (χ3n) is 1.97. The summed E-state index contributed by atoms with van der Waals surface area (Å²) in [6, 6.07) is 7.93. The molecular weight excluding hydrogens is 228 g/mol. The van der Waals surface area contributed by atoms with Gasteiger partial charge in [0.25, 0.3) is 0 Å². The molecule has 1 aromatic carbocycles. The molecule has 0 aliphatic carbocycles. The van der Waals surface area contributed by atoms with Gasteiger partial charge in [-0.05, 0) is 37.2 Å². The van der Waals surface area contributed by atoms with E-state index in [0.717, 1.165) is 15.6 Å². The molecule has 3 heteroatoms. The molecule has 0 heterocycles. The lowest BCUT2D eigenvalue weighted by atomic mass is 10.0. The van der Waals surface area contributed by atoms with Crippen molar-refractivity contribution >= 4 is 15.9 Å². The van der Waals surface area contributed by atoms with E-state index in [4.69, 9.17) is 5.26 Å². The normalized spacial score (nSPS) is 12.2. The van der Waals surface area contributed by atoms with Crippen LogP contribution >= 0.6 is 15.9 Å². The van der Waals surface area contributed by atoms with Gasteiger partial charge in [0.2, 0.25) is 0 Å². The summed E-state index contributed by atoms with van der Waals surface area (Å²) in [6.07, 6.45) is 0. The molecule has 68 valence electrons. The van der Waals surface area contributed by atoms with Gasteiger partial charge in [0.15, 0.2) is 0 Å². The molecule has 13 heavy (non-hydrogen) atoms. The van der Waals surface area contributed by atoms with Crippen LogP contribution in [0.15, 0.2) is 22.7 Å². The Morgan fingerprint density at radius 2 is 2.23 bits per heavy atom. The Morgan fingerprint density at radius 3 is 2.77 bits per heavy atom. The van der Waals surface area contributed by atoms with Gasteiger partial charge in [-0.2, -0.15) is 5.26 Å². The fraction of sp³-hybridized carbons (Fsp3) is 0.300. The zero-order valence-electron chi connectivity index (χ0n) is 7.63. The second kappa shape index (κ2) is 4.40. The molecule has 0 aliphatic rings. The molecule has 0 saturated heterocycles. The molecule has 0 spiro atoms. The van der Waals surface area contributed by atoms with E-state index in [1.165, 1.54) is 0 Å². The maximum atomic E-state index is 8.87. The number of nitrogens with one attached hydrogen (secondary N) is 1. The van der Waals surface area contributed by atoms with Crippen molar-refractivity contribution in [3.8, 4) is 6.07 Å². The molecule has 0 amide bonds. The highest BCUT2D eigenvalue weighted by atomic mass is 79.9. The van der Waals surface area contributed by atoms with E-state index < -0.39 is 0 Å². The quantitative estimate of drug-likeness (QED) is 0.860. The lowest BCUT2D eigenvalue weighted by molar-refractivity contribution is 0.722. The second-order valence-corrected chi connectivity index (χ2v) is 3.77. The van der Waals surface area contributed by atoms with E-state index in [9.17, 15) is 0 Å². The molecule has 1 N–H and O–H groups in total. The highest BCUT2D eigenvalue weighted by molar-refractivity contribution is 9.10. The molecular formula is C10H11BrN2. The number of hydrogen-bond acceptors (Lipinski definition) is 2. The number of aryl methyl sites for hydroxylation is 1. The van der Waals surface area contributed by atoms with Crippen molar-refractivity contribution in [2.45, 2.75) is 13.0 Å². The molecule has 0 radical (unpaired) electrons. The minimum atomic E-state index is -0.225. The van der Waals surface area contributed by atoms with E-state index in [2.05, 4.69) is 27.3 Å². The van der Waals surface area contributed by atoms with E-state index in [1.54, 1.807) is 7.05 Å². The van der Waals surface area contributed by atoms with Crippen LogP contribution in [-0.4, -0.2) is 7.05 Å². The van der Waals surface area contributed by atoms with Crippen molar-refractivity contribution in [1.82, 2.24) is 5.32 Å². The minimum absolute atomic E-state index is 0.225. The van der Waals surface area contributed by atoms with Crippen molar-refractivity contribution in [1.29, 1.82) is 5.26 Å². The smallest absolute Gasteiger partial charge is 0.121 e. The molecule has 0 aliphatic heterocycles. The highest BCUT2D eigenvalue weighted by Gasteiger charge is 2.10. The molecule has 0 saturated carbocycles. The predicted octanol–water partition coefficient (Wildman–Crippen LogP) is 2.54. The molecule has 0 bridgehead atoms. The Morgan fingerprint density at radius 1 is 1.54 bits per heavy atom. The lowest BCUT2D eigenvalue weighted by Crippen LogP contribution is -2.15. The zero-order valence-corrected chi connectivity index (χ0v) is 9.22. The van der Waals surface area contributed by atoms with Crippen LogP contribution in [0.5, 0.6) is 0 Å². The van der Waals surface area contributed by atoms with Gasteiger partial charge in [0.1, 0.15) is 6.04 Å². The molecule has 0 fully saturated rings. The molecule has 0 aromatic heterocycles. The summed E-state index contributed by atoms with van der Waals surface area (Å²) < 4.78 is 1.00. The Labute approximate surface area is 86.7 Å². The first-order valence-corrected chi connectivity index (χ1v) is 4.81. The molecule has 1 rings (SSSR count). The maximum Gasteiger partial charge on any atom is 0.121 e. The topological polar surface area (TPSA) is 35.8 Å².